The third-order valence-corrected chi connectivity index (χ3v) is 4.07. The molecule has 0 atom stereocenters. The first-order chi connectivity index (χ1) is 13.6. The number of nitrogens with zero attached hydrogens (tertiary/aromatic N) is 2. The van der Waals surface area contributed by atoms with Crippen LogP contribution in [-0.2, 0) is 14.3 Å². The van der Waals surface area contributed by atoms with Crippen molar-refractivity contribution in [1.29, 1.82) is 0 Å². The van der Waals surface area contributed by atoms with Gasteiger partial charge in [-0.1, -0.05) is 29.8 Å². The van der Waals surface area contributed by atoms with Gasteiger partial charge in [0, 0.05) is 24.0 Å². The molecule has 1 N–H and O–H groups in total. The van der Waals surface area contributed by atoms with Crippen LogP contribution in [0.25, 0.3) is 17.8 Å². The highest BCUT2D eigenvalue weighted by Crippen LogP contribution is 2.19. The largest absolute Gasteiger partial charge is 0.463 e. The second-order valence-corrected chi connectivity index (χ2v) is 6.10. The molecule has 0 bridgehead atoms. The van der Waals surface area contributed by atoms with E-state index in [2.05, 4.69) is 10.3 Å². The number of carbonyl (C=O) groups excluding carboxylic acids is 2. The Kier molecular flexibility index (Phi) is 6.24. The number of aromatic nitrogens is 2. The molecule has 1 aromatic carbocycles. The Morgan fingerprint density at radius 2 is 1.93 bits per heavy atom. The Balaban J connectivity index is 1.64. The first kappa shape index (κ1) is 19.4. The highest BCUT2D eigenvalue weighted by molar-refractivity contribution is 6.31. The number of hydrogen-bond donors (Lipinski definition) is 1. The van der Waals surface area contributed by atoms with Gasteiger partial charge in [0.2, 0.25) is 5.91 Å². The van der Waals surface area contributed by atoms with Gasteiger partial charge in [-0.2, -0.15) is 0 Å². The van der Waals surface area contributed by atoms with E-state index in [4.69, 9.17) is 16.3 Å². The van der Waals surface area contributed by atoms with Crippen LogP contribution in [-0.4, -0.2) is 27.9 Å². The summed E-state index contributed by atoms with van der Waals surface area (Å²) in [5, 5.41) is 3.10. The highest BCUT2D eigenvalue weighted by atomic mass is 35.5. The van der Waals surface area contributed by atoms with Crippen LogP contribution >= 0.6 is 11.6 Å². The number of benzene rings is 1. The van der Waals surface area contributed by atoms with Crippen molar-refractivity contribution in [1.82, 2.24) is 9.38 Å². The lowest BCUT2D eigenvalue weighted by Gasteiger charge is -2.03. The van der Waals surface area contributed by atoms with Gasteiger partial charge in [0.1, 0.15) is 5.65 Å². The molecule has 28 heavy (non-hydrogen) atoms. The number of amides is 1. The number of halogens is 1. The monoisotopic (exact) mass is 395 g/mol. The van der Waals surface area contributed by atoms with E-state index in [-0.39, 0.29) is 5.91 Å². The molecule has 3 rings (SSSR count). The summed E-state index contributed by atoms with van der Waals surface area (Å²) in [7, 11) is 0. The van der Waals surface area contributed by atoms with Crippen LogP contribution in [0.3, 0.4) is 0 Å². The lowest BCUT2D eigenvalue weighted by Crippen LogP contribution is -2.07. The molecule has 0 saturated heterocycles. The number of esters is 1. The van der Waals surface area contributed by atoms with Gasteiger partial charge in [0.25, 0.3) is 0 Å². The number of anilines is 1. The van der Waals surface area contributed by atoms with E-state index in [1.54, 1.807) is 47.7 Å². The fourth-order valence-electron chi connectivity index (χ4n) is 2.51. The van der Waals surface area contributed by atoms with Gasteiger partial charge in [-0.15, -0.1) is 0 Å². The third-order valence-electron chi connectivity index (χ3n) is 3.79. The molecule has 0 fully saturated rings. The van der Waals surface area contributed by atoms with Gasteiger partial charge >= 0.3 is 5.97 Å². The number of ether oxygens (including phenoxy) is 1. The van der Waals surface area contributed by atoms with E-state index in [1.165, 1.54) is 12.2 Å². The van der Waals surface area contributed by atoms with E-state index < -0.39 is 5.97 Å². The molecular formula is C21H18ClN3O3. The summed E-state index contributed by atoms with van der Waals surface area (Å²) in [6.07, 6.45) is 7.86. The molecule has 142 valence electrons. The van der Waals surface area contributed by atoms with Crippen molar-refractivity contribution in [3.8, 4) is 0 Å². The zero-order valence-corrected chi connectivity index (χ0v) is 15.9. The second kappa shape index (κ2) is 9.01. The fourth-order valence-corrected chi connectivity index (χ4v) is 2.75. The number of pyridine rings is 1. The van der Waals surface area contributed by atoms with Crippen LogP contribution in [0.2, 0.25) is 5.15 Å². The first-order valence-electron chi connectivity index (χ1n) is 8.63. The summed E-state index contributed by atoms with van der Waals surface area (Å²) in [6, 6.07) is 12.6. The van der Waals surface area contributed by atoms with Crippen molar-refractivity contribution in [2.45, 2.75) is 6.92 Å². The maximum absolute atomic E-state index is 12.2. The average molecular weight is 396 g/mol. The molecule has 3 aromatic rings. The summed E-state index contributed by atoms with van der Waals surface area (Å²) < 4.78 is 6.63. The molecule has 0 aliphatic rings. The number of carbonyl (C=O) groups is 2. The van der Waals surface area contributed by atoms with E-state index >= 15 is 0 Å². The van der Waals surface area contributed by atoms with Crippen molar-refractivity contribution in [3.63, 3.8) is 0 Å². The summed E-state index contributed by atoms with van der Waals surface area (Å²) in [5.41, 5.74) is 2.79. The van der Waals surface area contributed by atoms with Crippen LogP contribution in [0.5, 0.6) is 0 Å². The summed E-state index contributed by atoms with van der Waals surface area (Å²) in [6.45, 7) is 2.09. The first-order valence-corrected chi connectivity index (χ1v) is 9.01. The predicted octanol–water partition coefficient (Wildman–Crippen LogP) is 4.22. The SMILES string of the molecule is CCOC(=O)/C=C/c1ccc(NC(=O)/C=C/c2c(Cl)nc3ccccn23)cc1. The average Bonchev–Trinajstić information content (AvgIpc) is 3.01. The van der Waals surface area contributed by atoms with Gasteiger partial charge in [0.15, 0.2) is 5.15 Å². The van der Waals surface area contributed by atoms with E-state index in [9.17, 15) is 9.59 Å². The van der Waals surface area contributed by atoms with Crippen molar-refractivity contribution < 1.29 is 14.3 Å². The van der Waals surface area contributed by atoms with Crippen molar-refractivity contribution in [2.75, 3.05) is 11.9 Å². The van der Waals surface area contributed by atoms with Gasteiger partial charge in [-0.3, -0.25) is 9.20 Å². The van der Waals surface area contributed by atoms with Crippen molar-refractivity contribution >= 4 is 47.0 Å². The molecule has 6 nitrogen and oxygen atoms in total. The summed E-state index contributed by atoms with van der Waals surface area (Å²) in [5.74, 6) is -0.687. The summed E-state index contributed by atoms with van der Waals surface area (Å²) in [4.78, 5) is 27.7. The van der Waals surface area contributed by atoms with Crippen LogP contribution < -0.4 is 5.32 Å². The maximum atomic E-state index is 12.2. The van der Waals surface area contributed by atoms with Crippen molar-refractivity contribution in [3.05, 3.63) is 77.2 Å². The topological polar surface area (TPSA) is 72.7 Å². The molecule has 2 aromatic heterocycles. The summed E-state index contributed by atoms with van der Waals surface area (Å²) >= 11 is 6.15. The molecule has 0 radical (unpaired) electrons. The number of fused-ring (bicyclic) bond motifs is 1. The van der Waals surface area contributed by atoms with Gasteiger partial charge in [0.05, 0.1) is 12.3 Å². The van der Waals surface area contributed by atoms with Crippen LogP contribution in [0.1, 0.15) is 18.2 Å². The zero-order valence-electron chi connectivity index (χ0n) is 15.1. The molecule has 0 spiro atoms. The minimum Gasteiger partial charge on any atom is -0.463 e. The molecular weight excluding hydrogens is 378 g/mol. The molecule has 0 unspecified atom stereocenters. The molecule has 0 saturated carbocycles. The smallest absolute Gasteiger partial charge is 0.330 e. The van der Waals surface area contributed by atoms with Gasteiger partial charge in [-0.05, 0) is 48.9 Å². The number of nitrogens with one attached hydrogen (secondary N) is 1. The van der Waals surface area contributed by atoms with Crippen LogP contribution in [0.4, 0.5) is 5.69 Å². The van der Waals surface area contributed by atoms with Crippen LogP contribution in [0.15, 0.2) is 60.8 Å². The lowest BCUT2D eigenvalue weighted by atomic mass is 10.2. The van der Waals surface area contributed by atoms with E-state index in [0.29, 0.717) is 28.8 Å². The fraction of sp³-hybridized carbons (Fsp3) is 0.0952. The van der Waals surface area contributed by atoms with E-state index in [0.717, 1.165) is 5.56 Å². The van der Waals surface area contributed by atoms with E-state index in [1.807, 2.05) is 24.4 Å². The second-order valence-electron chi connectivity index (χ2n) is 5.75. The molecule has 2 heterocycles. The Bertz CT molecular complexity index is 1050. The number of rotatable bonds is 6. The number of hydrogen-bond acceptors (Lipinski definition) is 4. The Morgan fingerprint density at radius 3 is 2.68 bits per heavy atom. The Labute approximate surface area is 167 Å². The molecule has 1 amide bonds. The minimum absolute atomic E-state index is 0.295. The minimum atomic E-state index is -0.393. The third kappa shape index (κ3) is 4.86. The lowest BCUT2D eigenvalue weighted by molar-refractivity contribution is -0.137. The molecule has 7 heteroatoms. The number of imidazole rings is 1. The quantitative estimate of drug-likeness (QED) is 0.501. The van der Waals surface area contributed by atoms with Crippen LogP contribution in [0, 0.1) is 0 Å². The normalized spacial score (nSPS) is 11.4. The standard InChI is InChI=1S/C21H18ClN3O3/c1-2-28-20(27)13-8-15-6-9-16(10-7-15)23-19(26)12-11-17-21(22)24-18-5-3-4-14-25(17)18/h3-14H,2H2,1H3,(H,23,26)/b12-11+,13-8+. The Morgan fingerprint density at radius 1 is 1.14 bits per heavy atom. The highest BCUT2D eigenvalue weighted by Gasteiger charge is 2.07. The van der Waals surface area contributed by atoms with Gasteiger partial charge in [-0.25, -0.2) is 9.78 Å². The predicted molar refractivity (Wildman–Crippen MR) is 110 cm³/mol. The molecule has 0 aliphatic carbocycles. The zero-order chi connectivity index (χ0) is 19.9. The van der Waals surface area contributed by atoms with Gasteiger partial charge < -0.3 is 10.1 Å². The Hall–Kier alpha value is -3.38. The van der Waals surface area contributed by atoms with Crippen molar-refractivity contribution in [2.24, 2.45) is 0 Å². The molecule has 0 aliphatic heterocycles. The maximum Gasteiger partial charge on any atom is 0.330 e.